The lowest BCUT2D eigenvalue weighted by atomic mass is 9.92. The molecule has 2 nitrogen and oxygen atoms in total. The van der Waals surface area contributed by atoms with Gasteiger partial charge in [-0.3, -0.25) is 0 Å². The second kappa shape index (κ2) is 6.25. The maximum absolute atomic E-state index is 13.6. The topological polar surface area (TPSA) is 34.1 Å². The summed E-state index contributed by atoms with van der Waals surface area (Å²) in [6, 6.07) is 25.8. The Labute approximate surface area is 143 Å². The zero-order valence-corrected chi connectivity index (χ0v) is 14.6. The van der Waals surface area contributed by atoms with Crippen molar-refractivity contribution in [2.24, 2.45) is 0 Å². The Balaban J connectivity index is 2.28. The van der Waals surface area contributed by atoms with Gasteiger partial charge < -0.3 is 0 Å². The van der Waals surface area contributed by atoms with Crippen LogP contribution in [0.15, 0.2) is 89.8 Å². The van der Waals surface area contributed by atoms with Crippen LogP contribution in [0.1, 0.15) is 23.6 Å². The van der Waals surface area contributed by atoms with E-state index in [1.807, 2.05) is 79.7 Å². The summed E-state index contributed by atoms with van der Waals surface area (Å²) in [6.45, 7) is 3.73. The fourth-order valence-corrected chi connectivity index (χ4v) is 4.80. The number of aryl methyl sites for hydroxylation is 1. The predicted octanol–water partition coefficient (Wildman–Crippen LogP) is 4.73. The minimum Gasteiger partial charge on any atom is -0.222 e. The lowest BCUT2D eigenvalue weighted by Crippen LogP contribution is -2.34. The Morgan fingerprint density at radius 2 is 1.08 bits per heavy atom. The largest absolute Gasteiger partial charge is 0.222 e. The van der Waals surface area contributed by atoms with E-state index in [-0.39, 0.29) is 0 Å². The maximum atomic E-state index is 13.6. The summed E-state index contributed by atoms with van der Waals surface area (Å²) in [4.78, 5) is 0.336. The summed E-state index contributed by atoms with van der Waals surface area (Å²) in [6.07, 6.45) is 0. The molecule has 24 heavy (non-hydrogen) atoms. The van der Waals surface area contributed by atoms with Crippen LogP contribution in [0.5, 0.6) is 0 Å². The van der Waals surface area contributed by atoms with Crippen LogP contribution in [0.4, 0.5) is 0 Å². The van der Waals surface area contributed by atoms with E-state index in [0.29, 0.717) is 4.90 Å². The molecule has 0 aliphatic rings. The van der Waals surface area contributed by atoms with Crippen LogP contribution >= 0.6 is 0 Å². The van der Waals surface area contributed by atoms with Crippen LogP contribution in [0.25, 0.3) is 0 Å². The predicted molar refractivity (Wildman–Crippen MR) is 97.7 cm³/mol. The van der Waals surface area contributed by atoms with Crippen LogP contribution in [0.3, 0.4) is 0 Å². The first-order valence-corrected chi connectivity index (χ1v) is 9.37. The molecule has 0 saturated carbocycles. The number of sulfone groups is 1. The van der Waals surface area contributed by atoms with Crippen LogP contribution in [0, 0.1) is 6.92 Å². The van der Waals surface area contributed by atoms with Crippen molar-refractivity contribution in [3.05, 3.63) is 102 Å². The van der Waals surface area contributed by atoms with E-state index in [2.05, 4.69) is 0 Å². The maximum Gasteiger partial charge on any atom is 0.192 e. The van der Waals surface area contributed by atoms with E-state index >= 15 is 0 Å². The number of benzene rings is 3. The van der Waals surface area contributed by atoms with Gasteiger partial charge in [0.15, 0.2) is 9.84 Å². The van der Waals surface area contributed by atoms with Crippen molar-refractivity contribution in [3.8, 4) is 0 Å². The summed E-state index contributed by atoms with van der Waals surface area (Å²) in [5.41, 5.74) is 2.56. The summed E-state index contributed by atoms with van der Waals surface area (Å²) >= 11 is 0. The van der Waals surface area contributed by atoms with Crippen LogP contribution in [-0.4, -0.2) is 8.42 Å². The van der Waals surface area contributed by atoms with Crippen molar-refractivity contribution in [3.63, 3.8) is 0 Å². The smallest absolute Gasteiger partial charge is 0.192 e. The highest BCUT2D eigenvalue weighted by Gasteiger charge is 2.43. The van der Waals surface area contributed by atoms with Crippen molar-refractivity contribution >= 4 is 9.84 Å². The fraction of sp³-hybridized carbons (Fsp3) is 0.143. The van der Waals surface area contributed by atoms with Crippen molar-refractivity contribution < 1.29 is 8.42 Å². The third kappa shape index (κ3) is 2.65. The molecule has 0 aliphatic carbocycles. The van der Waals surface area contributed by atoms with E-state index in [4.69, 9.17) is 0 Å². The summed E-state index contributed by atoms with van der Waals surface area (Å²) < 4.78 is 26.0. The Morgan fingerprint density at radius 3 is 1.50 bits per heavy atom. The molecule has 0 amide bonds. The molecule has 0 saturated heterocycles. The molecule has 3 aromatic rings. The zero-order valence-electron chi connectivity index (χ0n) is 13.8. The average molecular weight is 336 g/mol. The molecule has 0 fully saturated rings. The first-order valence-electron chi connectivity index (χ1n) is 7.88. The zero-order chi connectivity index (χ0) is 17.2. The highest BCUT2D eigenvalue weighted by atomic mass is 32.2. The summed E-state index contributed by atoms with van der Waals surface area (Å²) in [7, 11) is -3.62. The molecule has 3 aromatic carbocycles. The minimum atomic E-state index is -3.62. The molecule has 0 atom stereocenters. The van der Waals surface area contributed by atoms with E-state index in [9.17, 15) is 8.42 Å². The molecular formula is C21H20O2S. The highest BCUT2D eigenvalue weighted by Crippen LogP contribution is 2.41. The summed E-state index contributed by atoms with van der Waals surface area (Å²) in [5, 5.41) is 0. The van der Waals surface area contributed by atoms with Gasteiger partial charge in [0.2, 0.25) is 0 Å². The monoisotopic (exact) mass is 336 g/mol. The molecule has 0 bridgehead atoms. The standard InChI is InChI=1S/C21H20O2S/c1-17-13-15-20(16-14-17)24(22,23)21(2,18-9-5-3-6-10-18)19-11-7-4-8-12-19/h3-16H,1-2H3. The third-order valence-electron chi connectivity index (χ3n) is 4.52. The molecule has 3 heteroatoms. The van der Waals surface area contributed by atoms with E-state index in [0.717, 1.165) is 16.7 Å². The Morgan fingerprint density at radius 1 is 0.667 bits per heavy atom. The van der Waals surface area contributed by atoms with Crippen LogP contribution < -0.4 is 0 Å². The van der Waals surface area contributed by atoms with Gasteiger partial charge in [0.1, 0.15) is 4.75 Å². The number of rotatable bonds is 4. The second-order valence-electron chi connectivity index (χ2n) is 6.08. The lowest BCUT2D eigenvalue weighted by molar-refractivity contribution is 0.565. The SMILES string of the molecule is Cc1ccc(S(=O)(=O)C(C)(c2ccccc2)c2ccccc2)cc1. The molecule has 0 unspecified atom stereocenters. The van der Waals surface area contributed by atoms with E-state index < -0.39 is 14.6 Å². The second-order valence-corrected chi connectivity index (χ2v) is 8.38. The Bertz CT molecular complexity index is 873. The molecule has 0 aromatic heterocycles. The van der Waals surface area contributed by atoms with E-state index in [1.165, 1.54) is 0 Å². The van der Waals surface area contributed by atoms with Crippen molar-refractivity contribution in [1.82, 2.24) is 0 Å². The van der Waals surface area contributed by atoms with Gasteiger partial charge in [-0.25, -0.2) is 8.42 Å². The van der Waals surface area contributed by atoms with Gasteiger partial charge in [0.05, 0.1) is 4.90 Å². The van der Waals surface area contributed by atoms with Gasteiger partial charge in [-0.15, -0.1) is 0 Å². The first-order chi connectivity index (χ1) is 11.5. The molecular weight excluding hydrogens is 316 g/mol. The average Bonchev–Trinajstić information content (AvgIpc) is 2.62. The van der Waals surface area contributed by atoms with Gasteiger partial charge in [-0.2, -0.15) is 0 Å². The fourth-order valence-electron chi connectivity index (χ4n) is 2.94. The van der Waals surface area contributed by atoms with Gasteiger partial charge in [-0.1, -0.05) is 78.4 Å². The molecule has 0 spiro atoms. The van der Waals surface area contributed by atoms with Gasteiger partial charge >= 0.3 is 0 Å². The molecule has 0 N–H and O–H groups in total. The third-order valence-corrected chi connectivity index (χ3v) is 6.96. The molecule has 0 radical (unpaired) electrons. The Kier molecular flexibility index (Phi) is 4.29. The minimum absolute atomic E-state index is 0.336. The van der Waals surface area contributed by atoms with Gasteiger partial charge in [0.25, 0.3) is 0 Å². The molecule has 0 heterocycles. The lowest BCUT2D eigenvalue weighted by Gasteiger charge is -2.31. The van der Waals surface area contributed by atoms with Crippen LogP contribution in [0.2, 0.25) is 0 Å². The van der Waals surface area contributed by atoms with Crippen molar-refractivity contribution in [1.29, 1.82) is 0 Å². The van der Waals surface area contributed by atoms with E-state index in [1.54, 1.807) is 19.1 Å². The highest BCUT2D eigenvalue weighted by molar-refractivity contribution is 7.92. The molecule has 3 rings (SSSR count). The summed E-state index contributed by atoms with van der Waals surface area (Å²) in [5.74, 6) is 0. The number of hydrogen-bond donors (Lipinski definition) is 0. The number of hydrogen-bond acceptors (Lipinski definition) is 2. The quantitative estimate of drug-likeness (QED) is 0.690. The molecule has 0 aliphatic heterocycles. The normalized spacial score (nSPS) is 12.1. The van der Waals surface area contributed by atoms with Gasteiger partial charge in [0, 0.05) is 0 Å². The van der Waals surface area contributed by atoms with Crippen molar-refractivity contribution in [2.45, 2.75) is 23.5 Å². The van der Waals surface area contributed by atoms with Crippen LogP contribution in [-0.2, 0) is 14.6 Å². The Hall–Kier alpha value is -2.39. The van der Waals surface area contributed by atoms with Gasteiger partial charge in [-0.05, 0) is 37.1 Å². The van der Waals surface area contributed by atoms with Crippen molar-refractivity contribution in [2.75, 3.05) is 0 Å². The first kappa shape index (κ1) is 16.5. The molecule has 122 valence electrons.